The van der Waals surface area contributed by atoms with E-state index < -0.39 is 0 Å². The molecule has 7 nitrogen and oxygen atoms in total. The normalized spacial score (nSPS) is 11.0. The molecule has 1 aromatic carbocycles. The van der Waals surface area contributed by atoms with E-state index in [0.717, 1.165) is 37.9 Å². The summed E-state index contributed by atoms with van der Waals surface area (Å²) in [5.74, 6) is 0.677. The van der Waals surface area contributed by atoms with Crippen molar-refractivity contribution in [1.82, 2.24) is 30.6 Å². The molecule has 0 aliphatic rings. The molecule has 0 bridgehead atoms. The van der Waals surface area contributed by atoms with Crippen LogP contribution in [0.2, 0.25) is 0 Å². The second-order valence-corrected chi connectivity index (χ2v) is 7.41. The van der Waals surface area contributed by atoms with Crippen molar-refractivity contribution in [2.75, 3.05) is 7.05 Å². The topological polar surface area (TPSA) is 95.6 Å². The van der Waals surface area contributed by atoms with Crippen LogP contribution in [0, 0.1) is 6.92 Å². The Balaban J connectivity index is 1.77. The average Bonchev–Trinajstić information content (AvgIpc) is 3.37. The zero-order chi connectivity index (χ0) is 18.1. The first-order valence-corrected chi connectivity index (χ1v) is 9.70. The summed E-state index contributed by atoms with van der Waals surface area (Å²) < 4.78 is 1.11. The number of imidazole rings is 1. The SMILES string of the molecule is CNC(=O)NCc1nc(-c2nc(C)cs2)c(-c2ccc3ncsc3c2)[nH]1. The summed E-state index contributed by atoms with van der Waals surface area (Å²) in [7, 11) is 1.58. The van der Waals surface area contributed by atoms with Crippen molar-refractivity contribution in [3.05, 3.63) is 40.6 Å². The molecule has 0 spiro atoms. The Morgan fingerprint density at radius 2 is 2.15 bits per heavy atom. The smallest absolute Gasteiger partial charge is 0.314 e. The summed E-state index contributed by atoms with van der Waals surface area (Å²) >= 11 is 3.16. The van der Waals surface area contributed by atoms with Gasteiger partial charge in [0.2, 0.25) is 0 Å². The highest BCUT2D eigenvalue weighted by atomic mass is 32.1. The third kappa shape index (κ3) is 3.18. The van der Waals surface area contributed by atoms with Crippen molar-refractivity contribution in [2.24, 2.45) is 0 Å². The number of rotatable bonds is 4. The van der Waals surface area contributed by atoms with Crippen molar-refractivity contribution >= 4 is 38.9 Å². The molecule has 3 aromatic heterocycles. The van der Waals surface area contributed by atoms with E-state index >= 15 is 0 Å². The molecule has 9 heteroatoms. The summed E-state index contributed by atoms with van der Waals surface area (Å²) in [6.07, 6.45) is 0. The molecule has 26 heavy (non-hydrogen) atoms. The highest BCUT2D eigenvalue weighted by Crippen LogP contribution is 2.34. The number of amides is 2. The van der Waals surface area contributed by atoms with Crippen LogP contribution >= 0.6 is 22.7 Å². The van der Waals surface area contributed by atoms with E-state index in [1.807, 2.05) is 29.9 Å². The summed E-state index contributed by atoms with van der Waals surface area (Å²) in [4.78, 5) is 28.4. The minimum Gasteiger partial charge on any atom is -0.341 e. The number of urea groups is 1. The number of benzene rings is 1. The summed E-state index contributed by atoms with van der Waals surface area (Å²) in [6.45, 7) is 2.27. The molecule has 0 atom stereocenters. The van der Waals surface area contributed by atoms with Crippen LogP contribution in [0.5, 0.6) is 0 Å². The number of carbonyl (C=O) groups excluding carboxylic acids is 1. The minimum atomic E-state index is -0.249. The van der Waals surface area contributed by atoms with E-state index in [0.29, 0.717) is 12.4 Å². The number of carbonyl (C=O) groups is 1. The van der Waals surface area contributed by atoms with Crippen molar-refractivity contribution < 1.29 is 4.79 Å². The van der Waals surface area contributed by atoms with Gasteiger partial charge < -0.3 is 15.6 Å². The Labute approximate surface area is 157 Å². The van der Waals surface area contributed by atoms with E-state index in [2.05, 4.69) is 36.6 Å². The van der Waals surface area contributed by atoms with Crippen LogP contribution in [0.15, 0.2) is 29.1 Å². The molecule has 0 saturated carbocycles. The maximum Gasteiger partial charge on any atom is 0.314 e. The molecular weight excluding hydrogens is 368 g/mol. The van der Waals surface area contributed by atoms with Gasteiger partial charge in [-0.25, -0.2) is 19.7 Å². The highest BCUT2D eigenvalue weighted by Gasteiger charge is 2.17. The van der Waals surface area contributed by atoms with Crippen LogP contribution in [0.25, 0.3) is 32.2 Å². The van der Waals surface area contributed by atoms with Crippen molar-refractivity contribution in [3.63, 3.8) is 0 Å². The highest BCUT2D eigenvalue weighted by molar-refractivity contribution is 7.16. The van der Waals surface area contributed by atoms with Crippen LogP contribution < -0.4 is 10.6 Å². The van der Waals surface area contributed by atoms with Gasteiger partial charge in [0.25, 0.3) is 0 Å². The number of aryl methyl sites for hydroxylation is 1. The molecule has 4 aromatic rings. The van der Waals surface area contributed by atoms with Gasteiger partial charge in [-0.15, -0.1) is 22.7 Å². The van der Waals surface area contributed by atoms with Gasteiger partial charge >= 0.3 is 6.03 Å². The van der Waals surface area contributed by atoms with Gasteiger partial charge in [-0.1, -0.05) is 6.07 Å². The van der Waals surface area contributed by atoms with Crippen LogP contribution in [0.1, 0.15) is 11.5 Å². The number of nitrogens with one attached hydrogen (secondary N) is 3. The van der Waals surface area contributed by atoms with E-state index in [-0.39, 0.29) is 6.03 Å². The number of fused-ring (bicyclic) bond motifs is 1. The lowest BCUT2D eigenvalue weighted by Crippen LogP contribution is -2.32. The van der Waals surface area contributed by atoms with E-state index in [4.69, 9.17) is 0 Å². The van der Waals surface area contributed by atoms with Gasteiger partial charge in [0.15, 0.2) is 0 Å². The first kappa shape index (κ1) is 16.7. The van der Waals surface area contributed by atoms with Crippen molar-refractivity contribution in [3.8, 4) is 22.0 Å². The maximum atomic E-state index is 11.5. The molecule has 3 N–H and O–H groups in total. The fraction of sp³-hybridized carbons (Fsp3) is 0.176. The van der Waals surface area contributed by atoms with Crippen LogP contribution in [-0.2, 0) is 6.54 Å². The molecule has 2 amide bonds. The second-order valence-electron chi connectivity index (χ2n) is 5.67. The molecule has 0 aliphatic heterocycles. The number of aromatic amines is 1. The Hall–Kier alpha value is -2.78. The van der Waals surface area contributed by atoms with Gasteiger partial charge in [0, 0.05) is 23.7 Å². The van der Waals surface area contributed by atoms with Crippen LogP contribution in [0.3, 0.4) is 0 Å². The number of hydrogen-bond acceptors (Lipinski definition) is 6. The lowest BCUT2D eigenvalue weighted by molar-refractivity contribution is 0.242. The largest absolute Gasteiger partial charge is 0.341 e. The molecule has 0 aliphatic carbocycles. The van der Waals surface area contributed by atoms with E-state index in [1.165, 1.54) is 0 Å². The Kier molecular flexibility index (Phi) is 4.39. The van der Waals surface area contributed by atoms with Crippen LogP contribution in [0.4, 0.5) is 4.79 Å². The van der Waals surface area contributed by atoms with Gasteiger partial charge in [-0.2, -0.15) is 0 Å². The summed E-state index contributed by atoms with van der Waals surface area (Å²) in [5.41, 5.74) is 6.48. The van der Waals surface area contributed by atoms with E-state index in [1.54, 1.807) is 29.7 Å². The van der Waals surface area contributed by atoms with Gasteiger partial charge in [0.05, 0.1) is 28.0 Å². The standard InChI is InChI=1S/C17H16N6OS2/c1-9-7-25-16(21-9)15-14(22-13(23-15)6-19-17(24)18-2)10-3-4-11-12(5-10)26-8-20-11/h3-5,7-8H,6H2,1-2H3,(H,22,23)(H2,18,19,24). The Bertz CT molecular complexity index is 1080. The van der Waals surface area contributed by atoms with Crippen molar-refractivity contribution in [1.29, 1.82) is 0 Å². The molecule has 3 heterocycles. The third-order valence-corrected chi connectivity index (χ3v) is 5.60. The molecule has 4 rings (SSSR count). The van der Waals surface area contributed by atoms with E-state index in [9.17, 15) is 4.79 Å². The quantitative estimate of drug-likeness (QED) is 0.501. The number of nitrogens with zero attached hydrogens (tertiary/aromatic N) is 3. The van der Waals surface area contributed by atoms with Crippen LogP contribution in [-0.4, -0.2) is 33.0 Å². The first-order chi connectivity index (χ1) is 12.6. The van der Waals surface area contributed by atoms with Gasteiger partial charge in [0.1, 0.15) is 16.5 Å². The number of hydrogen-bond donors (Lipinski definition) is 3. The number of thiazole rings is 2. The predicted octanol–water partition coefficient (Wildman–Crippen LogP) is 3.55. The molecule has 0 fully saturated rings. The molecule has 132 valence electrons. The fourth-order valence-corrected chi connectivity index (χ4v) is 4.10. The molecular formula is C17H16N6OS2. The fourth-order valence-electron chi connectivity index (χ4n) is 2.60. The zero-order valence-corrected chi connectivity index (χ0v) is 15.8. The Morgan fingerprint density at radius 1 is 1.27 bits per heavy atom. The molecule has 0 radical (unpaired) electrons. The van der Waals surface area contributed by atoms with Gasteiger partial charge in [-0.05, 0) is 19.1 Å². The third-order valence-electron chi connectivity index (χ3n) is 3.84. The molecule has 0 saturated heterocycles. The lowest BCUT2D eigenvalue weighted by Gasteiger charge is -2.02. The zero-order valence-electron chi connectivity index (χ0n) is 14.2. The minimum absolute atomic E-state index is 0.249. The lowest BCUT2D eigenvalue weighted by atomic mass is 10.1. The maximum absolute atomic E-state index is 11.5. The number of H-pyrrole nitrogens is 1. The van der Waals surface area contributed by atoms with Gasteiger partial charge in [-0.3, -0.25) is 0 Å². The summed E-state index contributed by atoms with van der Waals surface area (Å²) in [5, 5.41) is 8.14. The molecule has 0 unspecified atom stereocenters. The second kappa shape index (κ2) is 6.85. The first-order valence-electron chi connectivity index (χ1n) is 7.94. The average molecular weight is 384 g/mol. The number of aromatic nitrogens is 4. The monoisotopic (exact) mass is 384 g/mol. The van der Waals surface area contributed by atoms with Crippen molar-refractivity contribution in [2.45, 2.75) is 13.5 Å². The predicted molar refractivity (Wildman–Crippen MR) is 104 cm³/mol. The Morgan fingerprint density at radius 3 is 2.92 bits per heavy atom. The summed E-state index contributed by atoms with van der Waals surface area (Å²) in [6, 6.07) is 5.87.